The number of hydrogen-bond acceptors (Lipinski definition) is 2. The van der Waals surface area contributed by atoms with Crippen molar-refractivity contribution in [3.63, 3.8) is 0 Å². The number of phenols is 1. The van der Waals surface area contributed by atoms with E-state index in [1.165, 1.54) is 44.1 Å². The SMILES string of the molecule is Cc1cccc2c1CC[C@@H]1[C@@H]2CC[C@]2(C)[C@H](COc3ccc(O)cc3)CC[C@@H]12. The number of ether oxygens (including phenoxy) is 1. The Labute approximate surface area is 168 Å². The van der Waals surface area contributed by atoms with Gasteiger partial charge in [0, 0.05) is 0 Å². The van der Waals surface area contributed by atoms with Crippen LogP contribution in [-0.4, -0.2) is 11.7 Å². The first kappa shape index (κ1) is 18.1. The van der Waals surface area contributed by atoms with E-state index < -0.39 is 0 Å². The van der Waals surface area contributed by atoms with E-state index in [0.717, 1.165) is 30.1 Å². The number of rotatable bonds is 3. The van der Waals surface area contributed by atoms with Gasteiger partial charge in [0.05, 0.1) is 6.61 Å². The van der Waals surface area contributed by atoms with Gasteiger partial charge in [-0.05, 0) is 115 Å². The van der Waals surface area contributed by atoms with Gasteiger partial charge in [0.2, 0.25) is 0 Å². The molecule has 0 radical (unpaired) electrons. The summed E-state index contributed by atoms with van der Waals surface area (Å²) in [6, 6.07) is 14.2. The van der Waals surface area contributed by atoms with Crippen LogP contribution in [0, 0.1) is 30.1 Å². The van der Waals surface area contributed by atoms with Gasteiger partial charge in [0.25, 0.3) is 0 Å². The normalized spacial score (nSPS) is 33.6. The third-order valence-electron chi connectivity index (χ3n) is 8.50. The lowest BCUT2D eigenvalue weighted by molar-refractivity contribution is 0.0134. The topological polar surface area (TPSA) is 29.5 Å². The number of hydrogen-bond donors (Lipinski definition) is 1. The van der Waals surface area contributed by atoms with Gasteiger partial charge in [0.15, 0.2) is 0 Å². The smallest absolute Gasteiger partial charge is 0.119 e. The van der Waals surface area contributed by atoms with E-state index in [1.54, 1.807) is 23.3 Å². The second kappa shape index (κ2) is 6.83. The van der Waals surface area contributed by atoms with E-state index in [2.05, 4.69) is 32.0 Å². The number of aromatic hydroxyl groups is 1. The lowest BCUT2D eigenvalue weighted by Crippen LogP contribution is -2.43. The number of phenolic OH excluding ortho intramolecular Hbond substituents is 1. The minimum atomic E-state index is 0.298. The van der Waals surface area contributed by atoms with Gasteiger partial charge in [-0.3, -0.25) is 0 Å². The first-order chi connectivity index (χ1) is 13.6. The third-order valence-corrected chi connectivity index (χ3v) is 8.50. The summed E-state index contributed by atoms with van der Waals surface area (Å²) in [5.74, 6) is 4.29. The van der Waals surface area contributed by atoms with Gasteiger partial charge in [0.1, 0.15) is 11.5 Å². The highest BCUT2D eigenvalue weighted by molar-refractivity contribution is 5.40. The van der Waals surface area contributed by atoms with Crippen molar-refractivity contribution in [1.82, 2.24) is 0 Å². The fourth-order valence-corrected chi connectivity index (χ4v) is 6.92. The summed E-state index contributed by atoms with van der Waals surface area (Å²) < 4.78 is 6.16. The molecule has 148 valence electrons. The van der Waals surface area contributed by atoms with Gasteiger partial charge in [-0.15, -0.1) is 0 Å². The zero-order valence-electron chi connectivity index (χ0n) is 17.2. The van der Waals surface area contributed by atoms with Crippen LogP contribution >= 0.6 is 0 Å². The Balaban J connectivity index is 1.33. The molecule has 0 saturated heterocycles. The fourth-order valence-electron chi connectivity index (χ4n) is 6.92. The van der Waals surface area contributed by atoms with Gasteiger partial charge in [-0.1, -0.05) is 25.1 Å². The Hall–Kier alpha value is -1.96. The summed E-state index contributed by atoms with van der Waals surface area (Å²) in [4.78, 5) is 0. The quantitative estimate of drug-likeness (QED) is 0.686. The van der Waals surface area contributed by atoms with Crippen LogP contribution in [0.5, 0.6) is 11.5 Å². The molecule has 2 heteroatoms. The number of benzene rings is 2. The molecule has 2 aromatic carbocycles. The van der Waals surface area contributed by atoms with Crippen LogP contribution in [0.2, 0.25) is 0 Å². The van der Waals surface area contributed by atoms with Crippen molar-refractivity contribution in [2.75, 3.05) is 6.61 Å². The van der Waals surface area contributed by atoms with Crippen LogP contribution in [-0.2, 0) is 6.42 Å². The molecule has 0 aliphatic heterocycles. The van der Waals surface area contributed by atoms with Crippen molar-refractivity contribution in [3.8, 4) is 11.5 Å². The second-order valence-electron chi connectivity index (χ2n) is 9.68. The highest BCUT2D eigenvalue weighted by Crippen LogP contribution is 2.63. The van der Waals surface area contributed by atoms with Gasteiger partial charge >= 0.3 is 0 Å². The Morgan fingerprint density at radius 3 is 2.68 bits per heavy atom. The van der Waals surface area contributed by atoms with Crippen molar-refractivity contribution in [3.05, 3.63) is 59.2 Å². The standard InChI is InChI=1S/C26H32O2/c1-17-4-3-5-22-21(17)11-12-24-23(22)14-15-26(2)18(6-13-25(24)26)16-28-20-9-7-19(27)8-10-20/h3-5,7-10,18,23-25,27H,6,11-16H2,1-2H3/t18-,23+,24+,25-,26+/m0/s1. The monoisotopic (exact) mass is 376 g/mol. The highest BCUT2D eigenvalue weighted by Gasteiger charge is 2.54. The molecule has 3 aliphatic carbocycles. The molecular formula is C26H32O2. The van der Waals surface area contributed by atoms with E-state index in [0.29, 0.717) is 17.1 Å². The largest absolute Gasteiger partial charge is 0.508 e. The van der Waals surface area contributed by atoms with Gasteiger partial charge in [-0.25, -0.2) is 0 Å². The molecule has 0 spiro atoms. The minimum absolute atomic E-state index is 0.298. The van der Waals surface area contributed by atoms with Crippen LogP contribution in [0.25, 0.3) is 0 Å². The lowest BCUT2D eigenvalue weighted by Gasteiger charge is -2.51. The molecular weight excluding hydrogens is 344 g/mol. The molecule has 28 heavy (non-hydrogen) atoms. The molecule has 0 bridgehead atoms. The molecule has 2 fully saturated rings. The van der Waals surface area contributed by atoms with Crippen molar-refractivity contribution < 1.29 is 9.84 Å². The fraction of sp³-hybridized carbons (Fsp3) is 0.538. The summed E-state index contributed by atoms with van der Waals surface area (Å²) in [6.07, 6.45) is 7.96. The molecule has 5 atom stereocenters. The summed E-state index contributed by atoms with van der Waals surface area (Å²) >= 11 is 0. The molecule has 2 nitrogen and oxygen atoms in total. The molecule has 2 saturated carbocycles. The van der Waals surface area contributed by atoms with Crippen LogP contribution in [0.4, 0.5) is 0 Å². The predicted octanol–water partition coefficient (Wildman–Crippen LogP) is 6.25. The maximum atomic E-state index is 9.47. The van der Waals surface area contributed by atoms with Gasteiger partial charge < -0.3 is 9.84 Å². The zero-order valence-corrected chi connectivity index (χ0v) is 17.2. The Kier molecular flexibility index (Phi) is 4.41. The second-order valence-corrected chi connectivity index (χ2v) is 9.68. The maximum Gasteiger partial charge on any atom is 0.119 e. The maximum absolute atomic E-state index is 9.47. The molecule has 2 aromatic rings. The highest BCUT2D eigenvalue weighted by atomic mass is 16.5. The summed E-state index contributed by atoms with van der Waals surface area (Å²) in [5.41, 5.74) is 5.23. The first-order valence-corrected chi connectivity index (χ1v) is 11.1. The first-order valence-electron chi connectivity index (χ1n) is 11.1. The average molecular weight is 377 g/mol. The summed E-state index contributed by atoms with van der Waals surface area (Å²) in [6.45, 7) is 5.65. The van der Waals surface area contributed by atoms with Crippen molar-refractivity contribution in [1.29, 1.82) is 0 Å². The molecule has 0 unspecified atom stereocenters. The third kappa shape index (κ3) is 2.84. The van der Waals surface area contributed by atoms with Crippen LogP contribution in [0.1, 0.15) is 61.6 Å². The molecule has 5 rings (SSSR count). The lowest BCUT2D eigenvalue weighted by atomic mass is 9.54. The van der Waals surface area contributed by atoms with Crippen molar-refractivity contribution >= 4 is 0 Å². The molecule has 0 heterocycles. The molecule has 0 aromatic heterocycles. The van der Waals surface area contributed by atoms with E-state index in [-0.39, 0.29) is 0 Å². The summed E-state index contributed by atoms with van der Waals surface area (Å²) in [5, 5.41) is 9.47. The molecule has 1 N–H and O–H groups in total. The zero-order chi connectivity index (χ0) is 19.3. The van der Waals surface area contributed by atoms with E-state index >= 15 is 0 Å². The summed E-state index contributed by atoms with van der Waals surface area (Å²) in [7, 11) is 0. The number of fused-ring (bicyclic) bond motifs is 5. The molecule has 3 aliphatic rings. The molecule has 0 amide bonds. The predicted molar refractivity (Wildman–Crippen MR) is 113 cm³/mol. The Bertz CT molecular complexity index is 855. The average Bonchev–Trinajstić information content (AvgIpc) is 3.04. The Morgan fingerprint density at radius 2 is 1.86 bits per heavy atom. The van der Waals surface area contributed by atoms with Gasteiger partial charge in [-0.2, -0.15) is 0 Å². The van der Waals surface area contributed by atoms with Crippen molar-refractivity contribution in [2.24, 2.45) is 23.2 Å². The van der Waals surface area contributed by atoms with E-state index in [4.69, 9.17) is 4.74 Å². The minimum Gasteiger partial charge on any atom is -0.508 e. The van der Waals surface area contributed by atoms with Crippen LogP contribution in [0.3, 0.4) is 0 Å². The Morgan fingerprint density at radius 1 is 1.04 bits per heavy atom. The van der Waals surface area contributed by atoms with Crippen LogP contribution in [0.15, 0.2) is 42.5 Å². The van der Waals surface area contributed by atoms with E-state index in [1.807, 2.05) is 12.1 Å². The van der Waals surface area contributed by atoms with E-state index in [9.17, 15) is 5.11 Å². The number of aryl methyl sites for hydroxylation is 1. The van der Waals surface area contributed by atoms with Crippen LogP contribution < -0.4 is 4.74 Å². The van der Waals surface area contributed by atoms with Crippen molar-refractivity contribution in [2.45, 2.75) is 58.3 Å².